The van der Waals surface area contributed by atoms with Crippen LogP contribution in [-0.2, 0) is 0 Å². The molecule has 0 saturated heterocycles. The number of allylic oxidation sites excluding steroid dienone is 3. The fraction of sp³-hybridized carbons (Fsp3) is 0.500. The van der Waals surface area contributed by atoms with Crippen molar-refractivity contribution in [3.05, 3.63) is 23.3 Å². The molecule has 1 rings (SSSR count). The molecule has 0 bridgehead atoms. The van der Waals surface area contributed by atoms with Crippen LogP contribution in [0.1, 0.15) is 13.3 Å². The summed E-state index contributed by atoms with van der Waals surface area (Å²) < 4.78 is 0. The first kappa shape index (κ1) is 7.83. The maximum atomic E-state index is 9.19. The molecule has 0 saturated carbocycles. The summed E-state index contributed by atoms with van der Waals surface area (Å²) in [7, 11) is 0. The van der Waals surface area contributed by atoms with E-state index in [-0.39, 0.29) is 12.0 Å². The van der Waals surface area contributed by atoms with E-state index < -0.39 is 0 Å². The third-order valence-corrected chi connectivity index (χ3v) is 2.12. The minimum atomic E-state index is -0.339. The van der Waals surface area contributed by atoms with Crippen LogP contribution in [0.15, 0.2) is 23.3 Å². The van der Waals surface area contributed by atoms with Gasteiger partial charge in [0, 0.05) is 11.0 Å². The summed E-state index contributed by atoms with van der Waals surface area (Å²) >= 11 is 5.83. The maximum Gasteiger partial charge on any atom is 0.0592 e. The van der Waals surface area contributed by atoms with Gasteiger partial charge in [-0.05, 0) is 19.4 Å². The van der Waals surface area contributed by atoms with E-state index in [0.717, 1.165) is 11.5 Å². The van der Waals surface area contributed by atoms with Gasteiger partial charge in [-0.2, -0.15) is 0 Å². The van der Waals surface area contributed by atoms with E-state index in [1.165, 1.54) is 0 Å². The van der Waals surface area contributed by atoms with Gasteiger partial charge in [0.25, 0.3) is 0 Å². The van der Waals surface area contributed by atoms with Crippen LogP contribution >= 0.6 is 11.6 Å². The van der Waals surface area contributed by atoms with Crippen LogP contribution in [0.4, 0.5) is 0 Å². The second-order valence-electron chi connectivity index (χ2n) is 2.56. The summed E-state index contributed by atoms with van der Waals surface area (Å²) in [4.78, 5) is 0. The lowest BCUT2D eigenvalue weighted by Crippen LogP contribution is -2.17. The predicted octanol–water partition coefficient (Wildman–Crippen LogP) is 2.07. The Morgan fingerprint density at radius 3 is 2.90 bits per heavy atom. The van der Waals surface area contributed by atoms with E-state index in [1.807, 2.05) is 18.2 Å². The van der Waals surface area contributed by atoms with Crippen molar-refractivity contribution in [2.75, 3.05) is 0 Å². The molecule has 2 unspecified atom stereocenters. The molecule has 1 aliphatic rings. The molecule has 0 spiro atoms. The molecule has 0 heterocycles. The molecule has 2 heteroatoms. The number of hydrogen-bond donors (Lipinski definition) is 1. The first-order valence-electron chi connectivity index (χ1n) is 3.42. The van der Waals surface area contributed by atoms with Crippen LogP contribution in [0.5, 0.6) is 0 Å². The highest BCUT2D eigenvalue weighted by molar-refractivity contribution is 6.30. The van der Waals surface area contributed by atoms with Crippen molar-refractivity contribution in [2.45, 2.75) is 19.4 Å². The molecular formula is C8H11ClO. The minimum absolute atomic E-state index is 0.117. The third kappa shape index (κ3) is 1.61. The lowest BCUT2D eigenvalue weighted by Gasteiger charge is -2.19. The third-order valence-electron chi connectivity index (χ3n) is 1.72. The van der Waals surface area contributed by atoms with Crippen molar-refractivity contribution in [1.29, 1.82) is 0 Å². The van der Waals surface area contributed by atoms with Gasteiger partial charge in [0.15, 0.2) is 0 Å². The number of halogens is 1. The van der Waals surface area contributed by atoms with Gasteiger partial charge in [0.05, 0.1) is 6.10 Å². The van der Waals surface area contributed by atoms with Gasteiger partial charge in [-0.3, -0.25) is 0 Å². The molecule has 1 aliphatic carbocycles. The van der Waals surface area contributed by atoms with Crippen molar-refractivity contribution in [3.63, 3.8) is 0 Å². The number of hydrogen-bond acceptors (Lipinski definition) is 1. The minimum Gasteiger partial charge on any atom is -0.393 e. The van der Waals surface area contributed by atoms with Crippen molar-refractivity contribution in [2.24, 2.45) is 5.92 Å². The molecule has 1 nitrogen and oxygen atoms in total. The van der Waals surface area contributed by atoms with Crippen LogP contribution in [0, 0.1) is 5.92 Å². The molecule has 0 radical (unpaired) electrons. The number of rotatable bonds is 1. The van der Waals surface area contributed by atoms with E-state index in [9.17, 15) is 5.11 Å². The molecule has 0 fully saturated rings. The SMILES string of the molecule is CC(O)C1CC=CC=C1Cl. The van der Waals surface area contributed by atoms with Gasteiger partial charge in [-0.15, -0.1) is 0 Å². The first-order valence-corrected chi connectivity index (χ1v) is 3.80. The molecular weight excluding hydrogens is 148 g/mol. The highest BCUT2D eigenvalue weighted by Gasteiger charge is 2.17. The second kappa shape index (κ2) is 3.22. The Morgan fingerprint density at radius 1 is 1.80 bits per heavy atom. The smallest absolute Gasteiger partial charge is 0.0592 e. The first-order chi connectivity index (χ1) is 4.72. The van der Waals surface area contributed by atoms with Gasteiger partial charge in [-0.1, -0.05) is 23.8 Å². The van der Waals surface area contributed by atoms with Gasteiger partial charge in [0.1, 0.15) is 0 Å². The Kier molecular flexibility index (Phi) is 2.52. The molecule has 0 aromatic rings. The molecule has 56 valence electrons. The second-order valence-corrected chi connectivity index (χ2v) is 3.00. The van der Waals surface area contributed by atoms with Crippen LogP contribution < -0.4 is 0 Å². The summed E-state index contributed by atoms with van der Waals surface area (Å²) in [5.41, 5.74) is 0. The summed E-state index contributed by atoms with van der Waals surface area (Å²) in [5.74, 6) is 0.117. The van der Waals surface area contributed by atoms with Crippen molar-refractivity contribution in [3.8, 4) is 0 Å². The van der Waals surface area contributed by atoms with E-state index in [4.69, 9.17) is 11.6 Å². The standard InChI is InChI=1S/C8H11ClO/c1-6(10)7-4-2-3-5-8(7)9/h2-3,5-7,10H,4H2,1H3. The van der Waals surface area contributed by atoms with Gasteiger partial charge in [-0.25, -0.2) is 0 Å². The van der Waals surface area contributed by atoms with E-state index in [2.05, 4.69) is 0 Å². The molecule has 0 aliphatic heterocycles. The van der Waals surface area contributed by atoms with E-state index in [1.54, 1.807) is 6.92 Å². The van der Waals surface area contributed by atoms with Gasteiger partial charge >= 0.3 is 0 Å². The van der Waals surface area contributed by atoms with Crippen LogP contribution in [0.2, 0.25) is 0 Å². The largest absolute Gasteiger partial charge is 0.393 e. The molecule has 0 aromatic heterocycles. The molecule has 1 N–H and O–H groups in total. The average Bonchev–Trinajstić information content (AvgIpc) is 1.88. The highest BCUT2D eigenvalue weighted by Crippen LogP contribution is 2.26. The average molecular weight is 159 g/mol. The summed E-state index contributed by atoms with van der Waals surface area (Å²) in [5, 5.41) is 9.95. The predicted molar refractivity (Wildman–Crippen MR) is 42.9 cm³/mol. The fourth-order valence-electron chi connectivity index (χ4n) is 1.05. The zero-order chi connectivity index (χ0) is 7.56. The molecule has 2 atom stereocenters. The zero-order valence-electron chi connectivity index (χ0n) is 5.92. The van der Waals surface area contributed by atoms with Crippen LogP contribution in [0.3, 0.4) is 0 Å². The lowest BCUT2D eigenvalue weighted by molar-refractivity contribution is 0.147. The Morgan fingerprint density at radius 2 is 2.50 bits per heavy atom. The van der Waals surface area contributed by atoms with E-state index >= 15 is 0 Å². The quantitative estimate of drug-likeness (QED) is 0.620. The van der Waals surface area contributed by atoms with Gasteiger partial charge < -0.3 is 5.11 Å². The van der Waals surface area contributed by atoms with E-state index in [0.29, 0.717) is 0 Å². The van der Waals surface area contributed by atoms with Crippen molar-refractivity contribution in [1.82, 2.24) is 0 Å². The number of aliphatic hydroxyl groups is 1. The van der Waals surface area contributed by atoms with Crippen LogP contribution in [-0.4, -0.2) is 11.2 Å². The lowest BCUT2D eigenvalue weighted by atomic mass is 9.96. The normalized spacial score (nSPS) is 27.9. The summed E-state index contributed by atoms with van der Waals surface area (Å²) in [6.45, 7) is 1.76. The molecule has 0 aromatic carbocycles. The molecule has 10 heavy (non-hydrogen) atoms. The Bertz CT molecular complexity index is 170. The van der Waals surface area contributed by atoms with Crippen molar-refractivity contribution >= 4 is 11.6 Å². The van der Waals surface area contributed by atoms with Gasteiger partial charge in [0.2, 0.25) is 0 Å². The summed E-state index contributed by atoms with van der Waals surface area (Å²) in [6.07, 6.45) is 6.29. The van der Waals surface area contributed by atoms with Crippen LogP contribution in [0.25, 0.3) is 0 Å². The Hall–Kier alpha value is -0.270. The Balaban J connectivity index is 2.64. The van der Waals surface area contributed by atoms with Crippen molar-refractivity contribution < 1.29 is 5.11 Å². The zero-order valence-corrected chi connectivity index (χ0v) is 6.67. The monoisotopic (exact) mass is 158 g/mol. The number of aliphatic hydroxyl groups excluding tert-OH is 1. The Labute approximate surface area is 66.0 Å². The fourth-order valence-corrected chi connectivity index (χ4v) is 1.39. The summed E-state index contributed by atoms with van der Waals surface area (Å²) in [6, 6.07) is 0. The molecule has 0 amide bonds. The topological polar surface area (TPSA) is 20.2 Å². The highest BCUT2D eigenvalue weighted by atomic mass is 35.5. The maximum absolute atomic E-state index is 9.19.